The van der Waals surface area contributed by atoms with Gasteiger partial charge < -0.3 is 10.0 Å². The minimum Gasteiger partial charge on any atom is -0.481 e. The van der Waals surface area contributed by atoms with E-state index in [0.717, 1.165) is 10.6 Å². The monoisotopic (exact) mass is 239 g/mol. The molecule has 1 atom stereocenters. The Morgan fingerprint density at radius 2 is 1.94 bits per heavy atom. The molecular formula is C12H17NO2S. The molecule has 0 amide bonds. The molecule has 0 radical (unpaired) electrons. The molecule has 0 heterocycles. The second-order valence-electron chi connectivity index (χ2n) is 3.91. The number of benzene rings is 1. The molecule has 1 aromatic carbocycles. The normalized spacial score (nSPS) is 12.2. The summed E-state index contributed by atoms with van der Waals surface area (Å²) >= 11 is 1.59. The smallest absolute Gasteiger partial charge is 0.304 e. The predicted molar refractivity (Wildman–Crippen MR) is 68.3 cm³/mol. The first kappa shape index (κ1) is 12.9. The van der Waals surface area contributed by atoms with Gasteiger partial charge in [0.1, 0.15) is 0 Å². The Hall–Kier alpha value is -1.16. The number of rotatable bonds is 5. The van der Waals surface area contributed by atoms with Crippen LogP contribution >= 0.6 is 11.8 Å². The molecular weight excluding hydrogens is 222 g/mol. The Morgan fingerprint density at radius 3 is 2.38 bits per heavy atom. The fourth-order valence-corrected chi connectivity index (χ4v) is 2.33. The maximum atomic E-state index is 10.5. The Kier molecular flexibility index (Phi) is 4.68. The third-order valence-corrected chi connectivity index (χ3v) is 3.27. The highest BCUT2D eigenvalue weighted by Crippen LogP contribution is 2.26. The number of nitrogens with zero attached hydrogens (tertiary/aromatic N) is 1. The van der Waals surface area contributed by atoms with Gasteiger partial charge in [-0.05, 0) is 24.3 Å². The SMILES string of the molecule is CC(CC(=O)O)Sc1ccc(N(C)C)cc1. The largest absolute Gasteiger partial charge is 0.481 e. The third-order valence-electron chi connectivity index (χ3n) is 2.15. The van der Waals surface area contributed by atoms with E-state index in [1.165, 1.54) is 0 Å². The summed E-state index contributed by atoms with van der Waals surface area (Å²) in [6.45, 7) is 1.93. The van der Waals surface area contributed by atoms with Crippen LogP contribution in [0.5, 0.6) is 0 Å². The molecule has 16 heavy (non-hydrogen) atoms. The number of anilines is 1. The summed E-state index contributed by atoms with van der Waals surface area (Å²) in [4.78, 5) is 13.7. The van der Waals surface area contributed by atoms with Crippen molar-refractivity contribution in [2.75, 3.05) is 19.0 Å². The lowest BCUT2D eigenvalue weighted by Crippen LogP contribution is -2.08. The van der Waals surface area contributed by atoms with Gasteiger partial charge in [-0.2, -0.15) is 0 Å². The molecule has 0 saturated heterocycles. The molecule has 0 spiro atoms. The van der Waals surface area contributed by atoms with Crippen LogP contribution in [0.1, 0.15) is 13.3 Å². The zero-order valence-electron chi connectivity index (χ0n) is 9.80. The van der Waals surface area contributed by atoms with E-state index in [0.29, 0.717) is 0 Å². The molecule has 1 N–H and O–H groups in total. The molecule has 0 aliphatic heterocycles. The average molecular weight is 239 g/mol. The molecule has 88 valence electrons. The first-order valence-corrected chi connectivity index (χ1v) is 6.03. The molecule has 0 saturated carbocycles. The van der Waals surface area contributed by atoms with Crippen LogP contribution in [-0.2, 0) is 4.79 Å². The van der Waals surface area contributed by atoms with Crippen molar-refractivity contribution in [1.29, 1.82) is 0 Å². The van der Waals surface area contributed by atoms with Crippen molar-refractivity contribution in [3.63, 3.8) is 0 Å². The van der Waals surface area contributed by atoms with Gasteiger partial charge in [0, 0.05) is 29.9 Å². The first-order chi connectivity index (χ1) is 7.49. The zero-order chi connectivity index (χ0) is 12.1. The molecule has 1 aromatic rings. The van der Waals surface area contributed by atoms with E-state index >= 15 is 0 Å². The van der Waals surface area contributed by atoms with Crippen LogP contribution in [0.2, 0.25) is 0 Å². The molecule has 0 fully saturated rings. The van der Waals surface area contributed by atoms with Gasteiger partial charge in [-0.25, -0.2) is 0 Å². The summed E-state index contributed by atoms with van der Waals surface area (Å²) in [5, 5.41) is 8.76. The zero-order valence-corrected chi connectivity index (χ0v) is 10.6. The Balaban J connectivity index is 2.58. The Morgan fingerprint density at radius 1 is 1.38 bits per heavy atom. The number of carbonyl (C=O) groups is 1. The summed E-state index contributed by atoms with van der Waals surface area (Å²) in [7, 11) is 3.99. The lowest BCUT2D eigenvalue weighted by molar-refractivity contribution is -0.136. The van der Waals surface area contributed by atoms with Crippen molar-refractivity contribution in [3.05, 3.63) is 24.3 Å². The van der Waals surface area contributed by atoms with Crippen LogP contribution in [0.4, 0.5) is 5.69 Å². The standard InChI is InChI=1S/C12H17NO2S/c1-9(8-12(14)15)16-11-6-4-10(5-7-11)13(2)3/h4-7,9H,8H2,1-3H3,(H,14,15). The highest BCUT2D eigenvalue weighted by atomic mass is 32.2. The van der Waals surface area contributed by atoms with Crippen molar-refractivity contribution in [2.24, 2.45) is 0 Å². The van der Waals surface area contributed by atoms with Crippen molar-refractivity contribution < 1.29 is 9.90 Å². The van der Waals surface area contributed by atoms with E-state index in [1.54, 1.807) is 11.8 Å². The van der Waals surface area contributed by atoms with Crippen molar-refractivity contribution >= 4 is 23.4 Å². The van der Waals surface area contributed by atoms with Gasteiger partial charge >= 0.3 is 5.97 Å². The van der Waals surface area contributed by atoms with Gasteiger partial charge in [0.2, 0.25) is 0 Å². The minimum atomic E-state index is -0.745. The number of aliphatic carboxylic acids is 1. The number of carboxylic acid groups (broad SMARTS) is 1. The van der Waals surface area contributed by atoms with Crippen LogP contribution in [0.25, 0.3) is 0 Å². The molecule has 1 unspecified atom stereocenters. The van der Waals surface area contributed by atoms with Crippen molar-refractivity contribution in [1.82, 2.24) is 0 Å². The van der Waals surface area contributed by atoms with Crippen LogP contribution in [0.15, 0.2) is 29.2 Å². The second-order valence-corrected chi connectivity index (χ2v) is 5.43. The van der Waals surface area contributed by atoms with E-state index in [1.807, 2.05) is 50.2 Å². The fourth-order valence-electron chi connectivity index (χ4n) is 1.34. The molecule has 3 nitrogen and oxygen atoms in total. The number of carboxylic acids is 1. The minimum absolute atomic E-state index is 0.0997. The van der Waals surface area contributed by atoms with Gasteiger partial charge in [-0.15, -0.1) is 11.8 Å². The lowest BCUT2D eigenvalue weighted by Gasteiger charge is -2.13. The summed E-state index contributed by atoms with van der Waals surface area (Å²) in [5.41, 5.74) is 1.15. The van der Waals surface area contributed by atoms with Crippen LogP contribution in [0.3, 0.4) is 0 Å². The van der Waals surface area contributed by atoms with E-state index in [9.17, 15) is 4.79 Å². The van der Waals surface area contributed by atoms with Crippen LogP contribution in [-0.4, -0.2) is 30.4 Å². The Bertz CT molecular complexity index is 349. The lowest BCUT2D eigenvalue weighted by atomic mass is 10.3. The molecule has 0 aliphatic carbocycles. The summed E-state index contributed by atoms with van der Waals surface area (Å²) < 4.78 is 0. The summed E-state index contributed by atoms with van der Waals surface area (Å²) in [6, 6.07) is 8.13. The average Bonchev–Trinajstić information content (AvgIpc) is 2.16. The molecule has 0 aromatic heterocycles. The topological polar surface area (TPSA) is 40.5 Å². The van der Waals surface area contributed by atoms with Gasteiger partial charge in [0.05, 0.1) is 6.42 Å². The first-order valence-electron chi connectivity index (χ1n) is 5.15. The highest BCUT2D eigenvalue weighted by Gasteiger charge is 2.09. The maximum absolute atomic E-state index is 10.5. The third kappa shape index (κ3) is 4.14. The summed E-state index contributed by atoms with van der Waals surface area (Å²) in [6.07, 6.45) is 0.195. The molecule has 0 bridgehead atoms. The van der Waals surface area contributed by atoms with Gasteiger partial charge in [-0.1, -0.05) is 6.92 Å². The molecule has 4 heteroatoms. The van der Waals surface area contributed by atoms with Gasteiger partial charge in [0.15, 0.2) is 0 Å². The second kappa shape index (κ2) is 5.80. The van der Waals surface area contributed by atoms with E-state index in [-0.39, 0.29) is 11.7 Å². The highest BCUT2D eigenvalue weighted by molar-refractivity contribution is 8.00. The van der Waals surface area contributed by atoms with E-state index < -0.39 is 5.97 Å². The predicted octanol–water partition coefficient (Wildman–Crippen LogP) is 2.71. The van der Waals surface area contributed by atoms with Gasteiger partial charge in [-0.3, -0.25) is 4.79 Å². The van der Waals surface area contributed by atoms with Crippen molar-refractivity contribution in [2.45, 2.75) is 23.5 Å². The van der Waals surface area contributed by atoms with E-state index in [4.69, 9.17) is 5.11 Å². The summed E-state index contributed by atoms with van der Waals surface area (Å²) in [5.74, 6) is -0.745. The molecule has 1 rings (SSSR count). The number of thioether (sulfide) groups is 1. The molecule has 0 aliphatic rings. The van der Waals surface area contributed by atoms with E-state index in [2.05, 4.69) is 0 Å². The van der Waals surface area contributed by atoms with Crippen LogP contribution in [0, 0.1) is 0 Å². The quantitative estimate of drug-likeness (QED) is 0.802. The number of hydrogen-bond donors (Lipinski definition) is 1. The Labute approximate surface area is 100 Å². The van der Waals surface area contributed by atoms with Crippen LogP contribution < -0.4 is 4.90 Å². The maximum Gasteiger partial charge on any atom is 0.304 e. The number of hydrogen-bond acceptors (Lipinski definition) is 3. The fraction of sp³-hybridized carbons (Fsp3) is 0.417. The van der Waals surface area contributed by atoms with Gasteiger partial charge in [0.25, 0.3) is 0 Å². The van der Waals surface area contributed by atoms with Crippen molar-refractivity contribution in [3.8, 4) is 0 Å².